The second-order valence-electron chi connectivity index (χ2n) is 5.35. The summed E-state index contributed by atoms with van der Waals surface area (Å²) in [5, 5.41) is 12.1. The summed E-state index contributed by atoms with van der Waals surface area (Å²) < 4.78 is 7.48. The molecule has 20 heavy (non-hydrogen) atoms. The highest BCUT2D eigenvalue weighted by Crippen LogP contribution is 2.36. The lowest BCUT2D eigenvalue weighted by Gasteiger charge is -2.29. The van der Waals surface area contributed by atoms with Gasteiger partial charge in [-0.2, -0.15) is 4.68 Å². The Morgan fingerprint density at radius 2 is 2.20 bits per heavy atom. The second kappa shape index (κ2) is 5.30. The van der Waals surface area contributed by atoms with Gasteiger partial charge in [0.1, 0.15) is 0 Å². The molecule has 0 saturated carbocycles. The van der Waals surface area contributed by atoms with Crippen LogP contribution in [-0.2, 0) is 11.2 Å². The summed E-state index contributed by atoms with van der Waals surface area (Å²) in [6.07, 6.45) is 1.81. The molecular formula is C14H19N5O. The quantitative estimate of drug-likeness (QED) is 0.897. The molecule has 3 rings (SSSR count). The minimum absolute atomic E-state index is 0.0682. The van der Waals surface area contributed by atoms with Crippen LogP contribution in [0.5, 0.6) is 0 Å². The van der Waals surface area contributed by atoms with Crippen LogP contribution in [0, 0.1) is 5.41 Å². The van der Waals surface area contributed by atoms with Gasteiger partial charge >= 0.3 is 0 Å². The molecule has 0 aliphatic carbocycles. The van der Waals surface area contributed by atoms with Crippen molar-refractivity contribution in [2.75, 3.05) is 13.2 Å². The van der Waals surface area contributed by atoms with E-state index in [4.69, 9.17) is 10.5 Å². The number of benzene rings is 1. The van der Waals surface area contributed by atoms with Gasteiger partial charge in [0.15, 0.2) is 5.82 Å². The van der Waals surface area contributed by atoms with Crippen LogP contribution in [0.25, 0.3) is 5.69 Å². The first-order valence-corrected chi connectivity index (χ1v) is 6.89. The molecule has 0 radical (unpaired) electrons. The molecule has 1 fully saturated rings. The third kappa shape index (κ3) is 2.21. The molecule has 2 N–H and O–H groups in total. The van der Waals surface area contributed by atoms with Crippen molar-refractivity contribution in [1.29, 1.82) is 0 Å². The summed E-state index contributed by atoms with van der Waals surface area (Å²) in [6, 6.07) is 9.90. The zero-order chi connectivity index (χ0) is 14.0. The zero-order valence-corrected chi connectivity index (χ0v) is 11.6. The van der Waals surface area contributed by atoms with Crippen molar-refractivity contribution < 1.29 is 4.74 Å². The molecule has 2 heterocycles. The van der Waals surface area contributed by atoms with Crippen LogP contribution in [0.1, 0.15) is 19.2 Å². The largest absolute Gasteiger partial charge is 0.378 e. The summed E-state index contributed by atoms with van der Waals surface area (Å²) in [6.45, 7) is 3.41. The summed E-state index contributed by atoms with van der Waals surface area (Å²) in [5.74, 6) is 0.832. The van der Waals surface area contributed by atoms with E-state index in [-0.39, 0.29) is 11.5 Å². The fourth-order valence-corrected chi connectivity index (χ4v) is 2.79. The number of tetrazole rings is 1. The minimum Gasteiger partial charge on any atom is -0.378 e. The molecule has 1 saturated heterocycles. The maximum atomic E-state index is 6.01. The fraction of sp³-hybridized carbons (Fsp3) is 0.500. The predicted molar refractivity (Wildman–Crippen MR) is 74.4 cm³/mol. The first-order chi connectivity index (χ1) is 9.75. The van der Waals surface area contributed by atoms with Crippen molar-refractivity contribution in [2.24, 2.45) is 11.1 Å². The molecule has 0 bridgehead atoms. The van der Waals surface area contributed by atoms with Gasteiger partial charge in [-0.3, -0.25) is 0 Å². The number of para-hydroxylation sites is 1. The molecular weight excluding hydrogens is 254 g/mol. The van der Waals surface area contributed by atoms with E-state index >= 15 is 0 Å². The number of rotatable bonds is 4. The highest BCUT2D eigenvalue weighted by Gasteiger charge is 2.41. The summed E-state index contributed by atoms with van der Waals surface area (Å²) in [4.78, 5) is 0. The van der Waals surface area contributed by atoms with E-state index in [1.807, 2.05) is 30.3 Å². The highest BCUT2D eigenvalue weighted by atomic mass is 16.5. The van der Waals surface area contributed by atoms with Gasteiger partial charge in [0.05, 0.1) is 11.8 Å². The normalized spacial score (nSPS) is 26.0. The number of nitrogens with zero attached hydrogens (tertiary/aromatic N) is 4. The summed E-state index contributed by atoms with van der Waals surface area (Å²) >= 11 is 0. The van der Waals surface area contributed by atoms with Gasteiger partial charge in [-0.1, -0.05) is 18.2 Å². The highest BCUT2D eigenvalue weighted by molar-refractivity contribution is 5.30. The topological polar surface area (TPSA) is 78.8 Å². The van der Waals surface area contributed by atoms with Gasteiger partial charge in [0, 0.05) is 25.0 Å². The van der Waals surface area contributed by atoms with Gasteiger partial charge in [0.25, 0.3) is 0 Å². The average Bonchev–Trinajstić information content (AvgIpc) is 3.08. The molecule has 2 atom stereocenters. The Morgan fingerprint density at radius 1 is 1.40 bits per heavy atom. The van der Waals surface area contributed by atoms with Gasteiger partial charge in [-0.15, -0.1) is 5.10 Å². The number of hydrogen-bond donors (Lipinski definition) is 1. The first kappa shape index (κ1) is 13.2. The van der Waals surface area contributed by atoms with Crippen molar-refractivity contribution in [1.82, 2.24) is 20.2 Å². The maximum absolute atomic E-state index is 6.01. The average molecular weight is 273 g/mol. The van der Waals surface area contributed by atoms with Crippen molar-refractivity contribution in [3.8, 4) is 5.69 Å². The van der Waals surface area contributed by atoms with Crippen LogP contribution >= 0.6 is 0 Å². The van der Waals surface area contributed by atoms with Crippen LogP contribution in [0.15, 0.2) is 30.3 Å². The van der Waals surface area contributed by atoms with E-state index < -0.39 is 0 Å². The van der Waals surface area contributed by atoms with E-state index in [0.717, 1.165) is 31.0 Å². The van der Waals surface area contributed by atoms with Crippen molar-refractivity contribution in [2.45, 2.75) is 25.9 Å². The molecule has 0 spiro atoms. The van der Waals surface area contributed by atoms with Gasteiger partial charge in [0.2, 0.25) is 0 Å². The molecule has 1 aromatic heterocycles. The lowest BCUT2D eigenvalue weighted by atomic mass is 9.78. The Labute approximate surface area is 117 Å². The zero-order valence-electron chi connectivity index (χ0n) is 11.6. The number of hydrogen-bond acceptors (Lipinski definition) is 5. The summed E-state index contributed by atoms with van der Waals surface area (Å²) in [7, 11) is 0. The Bertz CT molecular complexity index is 570. The van der Waals surface area contributed by atoms with E-state index in [1.165, 1.54) is 0 Å². The van der Waals surface area contributed by atoms with E-state index in [1.54, 1.807) is 4.68 Å². The Morgan fingerprint density at radius 3 is 2.85 bits per heavy atom. The third-order valence-electron chi connectivity index (χ3n) is 4.28. The molecule has 1 aromatic carbocycles. The maximum Gasteiger partial charge on any atom is 0.157 e. The van der Waals surface area contributed by atoms with Crippen LogP contribution < -0.4 is 5.73 Å². The predicted octanol–water partition coefficient (Wildman–Crippen LogP) is 0.959. The number of nitrogens with two attached hydrogens (primary N) is 1. The van der Waals surface area contributed by atoms with Crippen molar-refractivity contribution >= 4 is 0 Å². The first-order valence-electron chi connectivity index (χ1n) is 6.89. The van der Waals surface area contributed by atoms with E-state index in [9.17, 15) is 0 Å². The standard InChI is InChI=1S/C14H19N5O/c1-11-14(10-15,7-8-20-11)9-13-16-17-18-19(13)12-5-3-2-4-6-12/h2-6,11H,7-10,15H2,1H3. The van der Waals surface area contributed by atoms with Gasteiger partial charge < -0.3 is 10.5 Å². The van der Waals surface area contributed by atoms with Crippen LogP contribution in [0.2, 0.25) is 0 Å². The lowest BCUT2D eigenvalue weighted by Crippen LogP contribution is -2.39. The molecule has 6 nitrogen and oxygen atoms in total. The molecule has 2 aromatic rings. The van der Waals surface area contributed by atoms with E-state index in [0.29, 0.717) is 6.54 Å². The molecule has 0 amide bonds. The molecule has 1 aliphatic heterocycles. The molecule has 2 unspecified atom stereocenters. The van der Waals surface area contributed by atoms with Crippen molar-refractivity contribution in [3.63, 3.8) is 0 Å². The van der Waals surface area contributed by atoms with Crippen molar-refractivity contribution in [3.05, 3.63) is 36.2 Å². The molecule has 106 valence electrons. The fourth-order valence-electron chi connectivity index (χ4n) is 2.79. The van der Waals surface area contributed by atoms with Gasteiger partial charge in [-0.05, 0) is 35.9 Å². The molecule has 6 heteroatoms. The Balaban J connectivity index is 1.91. The van der Waals surface area contributed by atoms with E-state index in [2.05, 4.69) is 22.4 Å². The van der Waals surface area contributed by atoms with Crippen LogP contribution in [0.3, 0.4) is 0 Å². The van der Waals surface area contributed by atoms with Crippen LogP contribution in [0.4, 0.5) is 0 Å². The smallest absolute Gasteiger partial charge is 0.157 e. The van der Waals surface area contributed by atoms with Gasteiger partial charge in [-0.25, -0.2) is 0 Å². The lowest BCUT2D eigenvalue weighted by molar-refractivity contribution is 0.0661. The molecule has 1 aliphatic rings. The minimum atomic E-state index is -0.0682. The summed E-state index contributed by atoms with van der Waals surface area (Å²) in [5.41, 5.74) is 6.90. The Kier molecular flexibility index (Phi) is 3.50. The monoisotopic (exact) mass is 273 g/mol. The van der Waals surface area contributed by atoms with Crippen LogP contribution in [-0.4, -0.2) is 39.5 Å². The Hall–Kier alpha value is -1.79. The number of aromatic nitrogens is 4. The third-order valence-corrected chi connectivity index (χ3v) is 4.28. The second-order valence-corrected chi connectivity index (χ2v) is 5.35. The number of ether oxygens (including phenoxy) is 1. The SMILES string of the molecule is CC1OCCC1(CN)Cc1nnnn1-c1ccccc1.